The molecule has 0 aliphatic carbocycles. The molecular formula is C18H18Cl2N3O+. The van der Waals surface area contributed by atoms with Crippen molar-refractivity contribution < 1.29 is 4.90 Å². The van der Waals surface area contributed by atoms with Gasteiger partial charge >= 0.3 is 0 Å². The van der Waals surface area contributed by atoms with Crippen molar-refractivity contribution in [2.45, 2.75) is 20.0 Å². The molecule has 1 atom stereocenters. The fourth-order valence-corrected chi connectivity index (χ4v) is 3.19. The van der Waals surface area contributed by atoms with E-state index in [1.807, 2.05) is 38.2 Å². The molecule has 1 aromatic carbocycles. The number of pyridine rings is 1. The molecule has 0 spiro atoms. The minimum Gasteiger partial charge on any atom is -0.329 e. The highest BCUT2D eigenvalue weighted by molar-refractivity contribution is 6.35. The third kappa shape index (κ3) is 3.78. The molecule has 1 unspecified atom stereocenters. The number of aromatic nitrogens is 2. The van der Waals surface area contributed by atoms with Crippen LogP contribution in [-0.2, 0) is 13.1 Å². The number of nitrogens with zero attached hydrogens (tertiary/aromatic N) is 2. The summed E-state index contributed by atoms with van der Waals surface area (Å²) < 4.78 is 1.57. The van der Waals surface area contributed by atoms with Gasteiger partial charge in [-0.1, -0.05) is 35.3 Å². The van der Waals surface area contributed by atoms with Gasteiger partial charge in [0.15, 0.2) is 0 Å². The molecule has 6 heteroatoms. The van der Waals surface area contributed by atoms with Crippen LogP contribution in [-0.4, -0.2) is 16.4 Å². The van der Waals surface area contributed by atoms with E-state index in [-0.39, 0.29) is 5.56 Å². The summed E-state index contributed by atoms with van der Waals surface area (Å²) in [5.74, 6) is 0. The van der Waals surface area contributed by atoms with Crippen LogP contribution in [0, 0.1) is 6.92 Å². The van der Waals surface area contributed by atoms with Crippen molar-refractivity contribution in [3.8, 4) is 0 Å². The van der Waals surface area contributed by atoms with Crippen LogP contribution in [0.5, 0.6) is 0 Å². The van der Waals surface area contributed by atoms with Crippen molar-refractivity contribution in [3.05, 3.63) is 79.8 Å². The number of halogens is 2. The van der Waals surface area contributed by atoms with Gasteiger partial charge in [-0.05, 0) is 30.7 Å². The molecule has 2 aromatic heterocycles. The molecule has 0 amide bonds. The fraction of sp³-hybridized carbons (Fsp3) is 0.222. The van der Waals surface area contributed by atoms with Gasteiger partial charge in [0.25, 0.3) is 5.56 Å². The zero-order chi connectivity index (χ0) is 17.3. The lowest BCUT2D eigenvalue weighted by molar-refractivity contribution is -0.908. The Kier molecular flexibility index (Phi) is 4.90. The Balaban J connectivity index is 1.81. The van der Waals surface area contributed by atoms with Crippen LogP contribution in [0.4, 0.5) is 0 Å². The summed E-state index contributed by atoms with van der Waals surface area (Å²) in [5, 5.41) is 1.28. The largest absolute Gasteiger partial charge is 0.329 e. The molecule has 0 fully saturated rings. The average Bonchev–Trinajstić information content (AvgIpc) is 2.51. The second-order valence-electron chi connectivity index (χ2n) is 6.07. The first-order valence-electron chi connectivity index (χ1n) is 7.66. The highest BCUT2D eigenvalue weighted by Gasteiger charge is 2.11. The summed E-state index contributed by atoms with van der Waals surface area (Å²) in [4.78, 5) is 18.0. The first-order valence-corrected chi connectivity index (χ1v) is 8.42. The Hall–Kier alpha value is -1.88. The summed E-state index contributed by atoms with van der Waals surface area (Å²) in [6.07, 6.45) is 1.80. The van der Waals surface area contributed by atoms with Gasteiger partial charge in [-0.25, -0.2) is 4.98 Å². The van der Waals surface area contributed by atoms with Crippen molar-refractivity contribution in [2.75, 3.05) is 7.05 Å². The minimum atomic E-state index is -0.0592. The number of nitrogens with one attached hydrogen (secondary N) is 1. The lowest BCUT2D eigenvalue weighted by Crippen LogP contribution is -3.06. The van der Waals surface area contributed by atoms with Gasteiger partial charge in [0.1, 0.15) is 24.4 Å². The first kappa shape index (κ1) is 17.0. The topological polar surface area (TPSA) is 38.8 Å². The SMILES string of the molecule is Cc1ccc2nc(C[NH+](C)Cc3ccc(Cl)cc3Cl)cc(=O)n2c1. The number of hydrogen-bond donors (Lipinski definition) is 1. The van der Waals surface area contributed by atoms with E-state index in [1.165, 1.54) is 4.90 Å². The molecule has 0 aliphatic rings. The summed E-state index contributed by atoms with van der Waals surface area (Å²) in [7, 11) is 2.05. The molecule has 0 bridgehead atoms. The molecule has 2 heterocycles. The Morgan fingerprint density at radius 3 is 2.67 bits per heavy atom. The van der Waals surface area contributed by atoms with Crippen molar-refractivity contribution in [1.29, 1.82) is 0 Å². The first-order chi connectivity index (χ1) is 11.4. The summed E-state index contributed by atoms with van der Waals surface area (Å²) in [5.41, 5.74) is 3.42. The van der Waals surface area contributed by atoms with E-state index in [2.05, 4.69) is 4.98 Å². The van der Waals surface area contributed by atoms with Crippen LogP contribution in [0.2, 0.25) is 10.0 Å². The second-order valence-corrected chi connectivity index (χ2v) is 6.91. The highest BCUT2D eigenvalue weighted by Crippen LogP contribution is 2.20. The van der Waals surface area contributed by atoms with Crippen molar-refractivity contribution >= 4 is 28.8 Å². The predicted octanol–water partition coefficient (Wildman–Crippen LogP) is 2.52. The maximum Gasteiger partial charge on any atom is 0.258 e. The number of rotatable bonds is 4. The highest BCUT2D eigenvalue weighted by atomic mass is 35.5. The zero-order valence-corrected chi connectivity index (χ0v) is 15.0. The van der Waals surface area contributed by atoms with E-state index in [4.69, 9.17) is 23.2 Å². The maximum absolute atomic E-state index is 12.3. The van der Waals surface area contributed by atoms with Gasteiger partial charge in [-0.3, -0.25) is 9.20 Å². The van der Waals surface area contributed by atoms with Gasteiger partial charge in [0, 0.05) is 22.8 Å². The number of quaternary nitrogens is 1. The number of fused-ring (bicyclic) bond motifs is 1. The molecule has 3 rings (SSSR count). The van der Waals surface area contributed by atoms with Crippen LogP contribution in [0.3, 0.4) is 0 Å². The molecule has 24 heavy (non-hydrogen) atoms. The van der Waals surface area contributed by atoms with Crippen molar-refractivity contribution in [2.24, 2.45) is 0 Å². The monoisotopic (exact) mass is 362 g/mol. The Morgan fingerprint density at radius 2 is 1.92 bits per heavy atom. The third-order valence-electron chi connectivity index (χ3n) is 3.85. The van der Waals surface area contributed by atoms with Gasteiger partial charge < -0.3 is 4.90 Å². The van der Waals surface area contributed by atoms with Gasteiger partial charge in [-0.2, -0.15) is 0 Å². The summed E-state index contributed by atoms with van der Waals surface area (Å²) in [6, 6.07) is 10.9. The molecule has 0 aliphatic heterocycles. The predicted molar refractivity (Wildman–Crippen MR) is 97.0 cm³/mol. The minimum absolute atomic E-state index is 0.0592. The third-order valence-corrected chi connectivity index (χ3v) is 4.44. The van der Waals surface area contributed by atoms with Gasteiger partial charge in [-0.15, -0.1) is 0 Å². The smallest absolute Gasteiger partial charge is 0.258 e. The van der Waals surface area contributed by atoms with E-state index in [0.29, 0.717) is 22.2 Å². The number of benzene rings is 1. The van der Waals surface area contributed by atoms with Gasteiger partial charge in [0.2, 0.25) is 0 Å². The molecule has 124 valence electrons. The molecule has 1 N–H and O–H groups in total. The van der Waals surface area contributed by atoms with E-state index in [0.717, 1.165) is 23.4 Å². The van der Waals surface area contributed by atoms with Crippen LogP contribution in [0.1, 0.15) is 16.8 Å². The van der Waals surface area contributed by atoms with Crippen molar-refractivity contribution in [3.63, 3.8) is 0 Å². The normalized spacial score (nSPS) is 12.5. The molecule has 3 aromatic rings. The summed E-state index contributed by atoms with van der Waals surface area (Å²) >= 11 is 12.2. The standard InChI is InChI=1S/C18H17Cl2N3O/c1-12-3-6-17-21-15(8-18(24)23(17)9-12)11-22(2)10-13-4-5-14(19)7-16(13)20/h3-9H,10-11H2,1-2H3/p+1. The van der Waals surface area contributed by atoms with Crippen LogP contribution in [0.15, 0.2) is 47.4 Å². The Morgan fingerprint density at radius 1 is 1.12 bits per heavy atom. The lowest BCUT2D eigenvalue weighted by Gasteiger charge is -2.15. The summed E-state index contributed by atoms with van der Waals surface area (Å²) in [6.45, 7) is 3.32. The second kappa shape index (κ2) is 6.93. The van der Waals surface area contributed by atoms with Crippen molar-refractivity contribution in [1.82, 2.24) is 9.38 Å². The van der Waals surface area contributed by atoms with Crippen LogP contribution in [0.25, 0.3) is 5.65 Å². The Bertz CT molecular complexity index is 953. The quantitative estimate of drug-likeness (QED) is 0.774. The molecule has 0 saturated heterocycles. The zero-order valence-electron chi connectivity index (χ0n) is 13.5. The molecular weight excluding hydrogens is 345 g/mol. The lowest BCUT2D eigenvalue weighted by atomic mass is 10.2. The van der Waals surface area contributed by atoms with E-state index in [9.17, 15) is 4.79 Å². The fourth-order valence-electron chi connectivity index (χ4n) is 2.71. The average molecular weight is 363 g/mol. The van der Waals surface area contributed by atoms with Gasteiger partial charge in [0.05, 0.1) is 12.1 Å². The van der Waals surface area contributed by atoms with E-state index >= 15 is 0 Å². The van der Waals surface area contributed by atoms with Crippen LogP contribution >= 0.6 is 23.2 Å². The maximum atomic E-state index is 12.3. The Labute approximate surface area is 150 Å². The van der Waals surface area contributed by atoms with E-state index in [1.54, 1.807) is 22.7 Å². The number of aryl methyl sites for hydroxylation is 1. The van der Waals surface area contributed by atoms with E-state index < -0.39 is 0 Å². The molecule has 0 radical (unpaired) electrons. The number of hydrogen-bond acceptors (Lipinski definition) is 2. The van der Waals surface area contributed by atoms with Crippen LogP contribution < -0.4 is 10.5 Å². The molecule has 0 saturated carbocycles. The molecule has 4 nitrogen and oxygen atoms in total.